The average molecular weight is 279 g/mol. The third-order valence-electron chi connectivity index (χ3n) is 0.550. The number of primary amides is 1. The summed E-state index contributed by atoms with van der Waals surface area (Å²) in [6, 6.07) is 0. The fraction of sp³-hybridized carbons (Fsp3) is 0.364. The number of ether oxygens (including phenoxy) is 1. The number of esters is 1. The Balaban J connectivity index is -0.0000000803. The Labute approximate surface area is 111 Å². The van der Waals surface area contributed by atoms with E-state index in [9.17, 15) is 9.59 Å². The zero-order valence-electron chi connectivity index (χ0n) is 11.0. The van der Waals surface area contributed by atoms with Gasteiger partial charge in [-0.3, -0.25) is 14.4 Å². The molecule has 112 valence electrons. The molecule has 0 aliphatic rings. The van der Waals surface area contributed by atoms with E-state index in [0.717, 1.165) is 19.3 Å². The fourth-order valence-electron chi connectivity index (χ4n) is 0.117. The van der Waals surface area contributed by atoms with Crippen molar-refractivity contribution in [3.63, 3.8) is 0 Å². The van der Waals surface area contributed by atoms with Crippen molar-refractivity contribution in [1.82, 2.24) is 0 Å². The van der Waals surface area contributed by atoms with Gasteiger partial charge < -0.3 is 25.8 Å². The van der Waals surface area contributed by atoms with Crippen molar-refractivity contribution in [2.75, 3.05) is 13.2 Å². The summed E-state index contributed by atoms with van der Waals surface area (Å²) < 4.78 is 4.17. The lowest BCUT2D eigenvalue weighted by Gasteiger charge is -1.83. The first-order chi connectivity index (χ1) is 8.69. The lowest BCUT2D eigenvalue weighted by atomic mass is 10.6. The van der Waals surface area contributed by atoms with Crippen LogP contribution in [0, 0.1) is 0 Å². The van der Waals surface area contributed by atoms with Gasteiger partial charge in [-0.25, -0.2) is 0 Å². The molecule has 0 saturated carbocycles. The van der Waals surface area contributed by atoms with Crippen LogP contribution in [0.1, 0.15) is 13.8 Å². The smallest absolute Gasteiger partial charge is 0.307 e. The number of aliphatic hydroxyl groups is 2. The molecule has 1 amide bonds. The summed E-state index contributed by atoms with van der Waals surface area (Å²) in [5.74, 6) is -1.64. The second-order valence-corrected chi connectivity index (χ2v) is 2.35. The average Bonchev–Trinajstić information content (AvgIpc) is 2.29. The van der Waals surface area contributed by atoms with Gasteiger partial charge in [0.25, 0.3) is 5.97 Å². The minimum atomic E-state index is -0.833. The van der Waals surface area contributed by atoms with Gasteiger partial charge in [-0.05, 0) is 6.08 Å². The highest BCUT2D eigenvalue weighted by molar-refractivity contribution is 5.84. The first-order valence-electron chi connectivity index (χ1n) is 4.80. The van der Waals surface area contributed by atoms with Crippen LogP contribution in [0.2, 0.25) is 0 Å². The maximum atomic E-state index is 9.75. The molecule has 0 aliphatic carbocycles. The van der Waals surface area contributed by atoms with E-state index in [1.807, 2.05) is 0 Å². The lowest BCUT2D eigenvalue weighted by Crippen LogP contribution is -2.04. The molecule has 5 N–H and O–H groups in total. The van der Waals surface area contributed by atoms with E-state index in [4.69, 9.17) is 20.1 Å². The topological polar surface area (TPSA) is 147 Å². The molecular weight excluding hydrogens is 258 g/mol. The minimum absolute atomic E-state index is 0.125. The van der Waals surface area contributed by atoms with Crippen LogP contribution >= 0.6 is 0 Å². The lowest BCUT2D eigenvalue weighted by molar-refractivity contribution is -0.136. The number of carboxylic acid groups (broad SMARTS) is 1. The number of aliphatic carboxylic acids is 1. The molecule has 0 aromatic carbocycles. The van der Waals surface area contributed by atoms with E-state index in [1.165, 1.54) is 6.92 Å². The molecule has 0 bridgehead atoms. The molecule has 0 saturated heterocycles. The number of carbonyl (C=O) groups is 3. The highest BCUT2D eigenvalue weighted by atomic mass is 16.5. The Morgan fingerprint density at radius 3 is 1.42 bits per heavy atom. The third-order valence-corrected chi connectivity index (χ3v) is 0.550. The summed E-state index contributed by atoms with van der Waals surface area (Å²) in [5.41, 5.74) is 4.53. The van der Waals surface area contributed by atoms with Crippen molar-refractivity contribution in [3.05, 3.63) is 25.5 Å². The third kappa shape index (κ3) is 208. The van der Waals surface area contributed by atoms with Crippen molar-refractivity contribution in [2.45, 2.75) is 13.8 Å². The van der Waals surface area contributed by atoms with Gasteiger partial charge in [-0.2, -0.15) is 0 Å². The van der Waals surface area contributed by atoms with Crippen LogP contribution in [0.5, 0.6) is 0 Å². The predicted molar refractivity (Wildman–Crippen MR) is 68.8 cm³/mol. The van der Waals surface area contributed by atoms with Crippen LogP contribution in [-0.2, 0) is 19.1 Å². The Morgan fingerprint density at radius 2 is 1.42 bits per heavy atom. The van der Waals surface area contributed by atoms with Crippen molar-refractivity contribution >= 4 is 17.8 Å². The molecule has 8 heteroatoms. The number of amides is 1. The highest BCUT2D eigenvalue weighted by Gasteiger charge is 1.79. The molecule has 0 heterocycles. The fourth-order valence-corrected chi connectivity index (χ4v) is 0.117. The van der Waals surface area contributed by atoms with Crippen LogP contribution in [-0.4, -0.2) is 46.4 Å². The summed E-state index contributed by atoms with van der Waals surface area (Å²) in [5, 5.41) is 22.7. The van der Waals surface area contributed by atoms with Gasteiger partial charge in [0.2, 0.25) is 5.91 Å². The van der Waals surface area contributed by atoms with Gasteiger partial charge in [0.1, 0.15) is 0 Å². The molecule has 19 heavy (non-hydrogen) atoms. The molecule has 0 atom stereocenters. The molecule has 0 aromatic rings. The molecule has 0 aromatic heterocycles. The number of hydrogen-bond acceptors (Lipinski definition) is 6. The molecule has 8 nitrogen and oxygen atoms in total. The van der Waals surface area contributed by atoms with Crippen LogP contribution in [0.25, 0.3) is 0 Å². The van der Waals surface area contributed by atoms with Crippen molar-refractivity contribution in [1.29, 1.82) is 0 Å². The number of aliphatic hydroxyl groups excluding tert-OH is 2. The number of carboxylic acids is 1. The van der Waals surface area contributed by atoms with Crippen LogP contribution in [0.4, 0.5) is 0 Å². The summed E-state index contributed by atoms with van der Waals surface area (Å²) >= 11 is 0. The van der Waals surface area contributed by atoms with Gasteiger partial charge in [-0.1, -0.05) is 13.2 Å². The Bertz CT molecular complexity index is 258. The van der Waals surface area contributed by atoms with E-state index < -0.39 is 11.9 Å². The molecule has 0 unspecified atom stereocenters. The maximum Gasteiger partial charge on any atom is 0.307 e. The molecular formula is C11H21NO7. The Morgan fingerprint density at radius 1 is 1.16 bits per heavy atom. The first-order valence-corrected chi connectivity index (χ1v) is 4.80. The van der Waals surface area contributed by atoms with Crippen LogP contribution in [0.3, 0.4) is 0 Å². The van der Waals surface area contributed by atoms with Crippen LogP contribution in [0.15, 0.2) is 25.5 Å². The van der Waals surface area contributed by atoms with E-state index in [1.54, 1.807) is 0 Å². The number of nitrogens with two attached hydrogens (primary N) is 1. The van der Waals surface area contributed by atoms with Crippen molar-refractivity contribution < 1.29 is 34.4 Å². The monoisotopic (exact) mass is 279 g/mol. The second kappa shape index (κ2) is 24.9. The van der Waals surface area contributed by atoms with Gasteiger partial charge >= 0.3 is 5.97 Å². The van der Waals surface area contributed by atoms with Crippen molar-refractivity contribution in [3.8, 4) is 0 Å². The zero-order chi connectivity index (χ0) is 16.3. The summed E-state index contributed by atoms with van der Waals surface area (Å²) in [7, 11) is 0. The highest BCUT2D eigenvalue weighted by Crippen LogP contribution is 1.70. The van der Waals surface area contributed by atoms with Gasteiger partial charge in [0, 0.05) is 13.8 Å². The van der Waals surface area contributed by atoms with E-state index in [-0.39, 0.29) is 19.2 Å². The SMILES string of the molecule is C=CC(N)=O.C=COC(C)=O.CC(=O)O.OCCO. The van der Waals surface area contributed by atoms with E-state index in [0.29, 0.717) is 0 Å². The summed E-state index contributed by atoms with van der Waals surface area (Å²) in [6.45, 7) is 8.40. The van der Waals surface area contributed by atoms with Crippen molar-refractivity contribution in [2.24, 2.45) is 5.73 Å². The van der Waals surface area contributed by atoms with Gasteiger partial charge in [-0.15, -0.1) is 0 Å². The number of carbonyl (C=O) groups excluding carboxylic acids is 2. The molecule has 0 spiro atoms. The molecule has 0 aliphatic heterocycles. The Kier molecular flexibility index (Phi) is 33.5. The van der Waals surface area contributed by atoms with Gasteiger partial charge in [0.05, 0.1) is 19.5 Å². The number of rotatable bonds is 3. The van der Waals surface area contributed by atoms with Crippen LogP contribution < -0.4 is 5.73 Å². The standard InChI is InChI=1S/C4H6O2.C3H5NO.C2H4O2.C2H6O2/c1-3-6-4(2)5;1-2-3(4)5;1-2(3)4;3-1-2-4/h3H,1H2,2H3;2H,1H2,(H2,4,5);1H3,(H,3,4);3-4H,1-2H2. The minimum Gasteiger partial charge on any atom is -0.481 e. The number of hydrogen-bond donors (Lipinski definition) is 4. The van der Waals surface area contributed by atoms with Gasteiger partial charge in [0.15, 0.2) is 0 Å². The summed E-state index contributed by atoms with van der Waals surface area (Å²) in [4.78, 5) is 28.2. The quantitative estimate of drug-likeness (QED) is 0.306. The van der Waals surface area contributed by atoms with E-state index in [2.05, 4.69) is 23.6 Å². The second-order valence-electron chi connectivity index (χ2n) is 2.35. The first kappa shape index (κ1) is 25.6. The zero-order valence-corrected chi connectivity index (χ0v) is 11.0. The normalized spacial score (nSPS) is 6.74. The largest absolute Gasteiger partial charge is 0.481 e. The molecule has 0 radical (unpaired) electrons. The Hall–Kier alpha value is -2.19. The summed E-state index contributed by atoms with van der Waals surface area (Å²) in [6.07, 6.45) is 2.16. The molecule has 0 rings (SSSR count). The molecule has 0 fully saturated rings. The predicted octanol–water partition coefficient (Wildman–Crippen LogP) is -0.587. The van der Waals surface area contributed by atoms with E-state index >= 15 is 0 Å². The maximum absolute atomic E-state index is 9.75.